The molecule has 152 valence electrons. The summed E-state index contributed by atoms with van der Waals surface area (Å²) in [5.41, 5.74) is 16.1. The Morgan fingerprint density at radius 1 is 0.800 bits per heavy atom. The highest BCUT2D eigenvalue weighted by molar-refractivity contribution is 6.06. The van der Waals surface area contributed by atoms with Crippen LogP contribution in [0.4, 0.5) is 11.9 Å². The van der Waals surface area contributed by atoms with Gasteiger partial charge in [-0.05, 0) is 38.1 Å². The van der Waals surface area contributed by atoms with Gasteiger partial charge in [-0.25, -0.2) is 9.97 Å². The molecule has 4 aromatic rings. The molecule has 2 aromatic heterocycles. The van der Waals surface area contributed by atoms with Gasteiger partial charge in [-0.1, -0.05) is 24.3 Å². The number of ketones is 2. The van der Waals surface area contributed by atoms with Crippen molar-refractivity contribution in [2.75, 3.05) is 11.5 Å². The normalized spacial score (nSPS) is 11.7. The van der Waals surface area contributed by atoms with E-state index in [1.807, 2.05) is 45.6 Å². The fourth-order valence-electron chi connectivity index (χ4n) is 3.64. The zero-order valence-corrected chi connectivity index (χ0v) is 16.8. The highest BCUT2D eigenvalue weighted by Gasteiger charge is 2.14. The predicted molar refractivity (Wildman–Crippen MR) is 117 cm³/mol. The van der Waals surface area contributed by atoms with Crippen molar-refractivity contribution in [2.45, 2.75) is 26.9 Å². The molecule has 0 spiro atoms. The number of hydrogen-bond donors (Lipinski definition) is 2. The topological polar surface area (TPSA) is 122 Å². The average molecular weight is 402 g/mol. The average Bonchev–Trinajstić information content (AvgIpc) is 3.20. The van der Waals surface area contributed by atoms with Crippen molar-refractivity contribution in [3.63, 3.8) is 0 Å². The fraction of sp³-hybridized carbons (Fsp3) is 0.182. The van der Waals surface area contributed by atoms with E-state index in [9.17, 15) is 9.59 Å². The molecule has 0 unspecified atom stereocenters. The number of carbonyl (C=O) groups is 2. The third kappa shape index (κ3) is 3.22. The number of nitrogens with two attached hydrogens (primary N) is 2. The van der Waals surface area contributed by atoms with Gasteiger partial charge in [0.1, 0.15) is 11.0 Å². The third-order valence-corrected chi connectivity index (χ3v) is 5.12. The highest BCUT2D eigenvalue weighted by atomic mass is 16.1. The van der Waals surface area contributed by atoms with Crippen LogP contribution >= 0.6 is 0 Å². The van der Waals surface area contributed by atoms with E-state index >= 15 is 0 Å². The number of hydrogen-bond acceptors (Lipinski definition) is 6. The molecular weight excluding hydrogens is 380 g/mol. The summed E-state index contributed by atoms with van der Waals surface area (Å²) in [5, 5.41) is 0. The Balaban J connectivity index is 1.60. The van der Waals surface area contributed by atoms with Gasteiger partial charge in [-0.15, -0.1) is 0 Å². The molecule has 0 fully saturated rings. The smallest absolute Gasteiger partial charge is 0.201 e. The Morgan fingerprint density at radius 3 is 1.57 bits per heavy atom. The van der Waals surface area contributed by atoms with Crippen LogP contribution in [-0.4, -0.2) is 30.7 Å². The molecule has 0 aliphatic rings. The van der Waals surface area contributed by atoms with Gasteiger partial charge in [0.15, 0.2) is 11.6 Å². The second kappa shape index (κ2) is 7.47. The highest BCUT2D eigenvalue weighted by Crippen LogP contribution is 2.23. The molecule has 0 aliphatic carbocycles. The summed E-state index contributed by atoms with van der Waals surface area (Å²) in [6.45, 7) is 4.02. The number of rotatable bonds is 6. The molecule has 0 aliphatic heterocycles. The minimum atomic E-state index is -0.0480. The Morgan fingerprint density at radius 2 is 1.20 bits per heavy atom. The number of aromatic nitrogens is 4. The quantitative estimate of drug-likeness (QED) is 0.377. The summed E-state index contributed by atoms with van der Waals surface area (Å²) >= 11 is 0. The van der Waals surface area contributed by atoms with Crippen molar-refractivity contribution in [2.24, 2.45) is 0 Å². The first-order chi connectivity index (χ1) is 14.4. The first kappa shape index (κ1) is 19.4. The van der Waals surface area contributed by atoms with Crippen molar-refractivity contribution in [1.82, 2.24) is 19.1 Å². The summed E-state index contributed by atoms with van der Waals surface area (Å²) in [6.07, 6.45) is 3.91. The monoisotopic (exact) mass is 402 g/mol. The van der Waals surface area contributed by atoms with Gasteiger partial charge in [0, 0.05) is 24.2 Å². The number of allylic oxidation sites excluding steroid dienone is 2. The number of Topliss-reactive ketones (excluding diaryl/α,β-unsaturated/α-hetero) is 2. The van der Waals surface area contributed by atoms with Crippen molar-refractivity contribution in [3.05, 3.63) is 59.7 Å². The maximum atomic E-state index is 11.8. The minimum Gasteiger partial charge on any atom is -0.369 e. The van der Waals surface area contributed by atoms with E-state index in [2.05, 4.69) is 9.97 Å². The van der Waals surface area contributed by atoms with Crippen molar-refractivity contribution >= 4 is 45.5 Å². The molecule has 0 atom stereocenters. The van der Waals surface area contributed by atoms with Crippen LogP contribution in [0.15, 0.2) is 48.6 Å². The van der Waals surface area contributed by atoms with Crippen LogP contribution in [0.3, 0.4) is 0 Å². The number of para-hydroxylation sites is 2. The lowest BCUT2D eigenvalue weighted by Gasteiger charge is -2.05. The molecule has 2 heterocycles. The number of fused-ring (bicyclic) bond motifs is 2. The van der Waals surface area contributed by atoms with Crippen LogP contribution in [-0.2, 0) is 13.1 Å². The van der Waals surface area contributed by atoms with Crippen molar-refractivity contribution < 1.29 is 9.59 Å². The van der Waals surface area contributed by atoms with E-state index < -0.39 is 0 Å². The number of imidazole rings is 2. The van der Waals surface area contributed by atoms with E-state index in [1.54, 1.807) is 12.1 Å². The first-order valence-electron chi connectivity index (χ1n) is 9.54. The first-order valence-corrected chi connectivity index (χ1v) is 9.54. The van der Waals surface area contributed by atoms with Crippen LogP contribution in [0, 0.1) is 0 Å². The molecule has 0 radical (unpaired) electrons. The molecule has 0 saturated heterocycles. The molecule has 8 nitrogen and oxygen atoms in total. The molecule has 2 aromatic carbocycles. The zero-order valence-electron chi connectivity index (χ0n) is 16.8. The standard InChI is InChI=1S/C22H22N6O2/c1-13(29)15-7-5-9-17-19(15)25-21(23)27(17)11-3-4-12-28-18-10-6-8-16(14(2)30)20(18)26-22(28)24/h3-10H,11-12H2,1-2H3,(H2,23,25)(H2,24,26)/b4-3+. The fourth-order valence-corrected chi connectivity index (χ4v) is 3.64. The molecule has 0 bridgehead atoms. The van der Waals surface area contributed by atoms with Crippen molar-refractivity contribution in [1.29, 1.82) is 0 Å². The van der Waals surface area contributed by atoms with Gasteiger partial charge in [-0.3, -0.25) is 9.59 Å². The SMILES string of the molecule is CC(=O)c1cccc2c1nc(N)n2C/C=C/Cn1c(N)nc2c(C(C)=O)cccc21. The Hall–Kier alpha value is -3.94. The molecule has 4 N–H and O–H groups in total. The van der Waals surface area contributed by atoms with E-state index in [-0.39, 0.29) is 11.6 Å². The lowest BCUT2D eigenvalue weighted by atomic mass is 10.1. The molecular formula is C22H22N6O2. The van der Waals surface area contributed by atoms with Gasteiger partial charge in [0.25, 0.3) is 0 Å². The molecule has 4 rings (SSSR count). The third-order valence-electron chi connectivity index (χ3n) is 5.12. The molecule has 8 heteroatoms. The van der Waals surface area contributed by atoms with Crippen LogP contribution in [0.5, 0.6) is 0 Å². The van der Waals surface area contributed by atoms with Gasteiger partial charge < -0.3 is 20.6 Å². The lowest BCUT2D eigenvalue weighted by Crippen LogP contribution is -2.03. The Labute approximate surface area is 172 Å². The van der Waals surface area contributed by atoms with Gasteiger partial charge >= 0.3 is 0 Å². The molecule has 0 saturated carbocycles. The lowest BCUT2D eigenvalue weighted by molar-refractivity contribution is 0.101. The van der Waals surface area contributed by atoms with Crippen LogP contribution in [0.25, 0.3) is 22.1 Å². The summed E-state index contributed by atoms with van der Waals surface area (Å²) in [5.74, 6) is 0.602. The van der Waals surface area contributed by atoms with E-state index in [0.29, 0.717) is 47.1 Å². The van der Waals surface area contributed by atoms with E-state index in [4.69, 9.17) is 11.5 Å². The van der Waals surface area contributed by atoms with E-state index in [1.165, 1.54) is 13.8 Å². The second-order valence-electron chi connectivity index (χ2n) is 7.09. The van der Waals surface area contributed by atoms with Gasteiger partial charge in [-0.2, -0.15) is 0 Å². The number of benzene rings is 2. The summed E-state index contributed by atoms with van der Waals surface area (Å²) in [4.78, 5) is 32.4. The summed E-state index contributed by atoms with van der Waals surface area (Å²) in [7, 11) is 0. The molecule has 30 heavy (non-hydrogen) atoms. The van der Waals surface area contributed by atoms with Gasteiger partial charge in [0.2, 0.25) is 11.9 Å². The van der Waals surface area contributed by atoms with Crippen LogP contribution in [0.2, 0.25) is 0 Å². The minimum absolute atomic E-state index is 0.0480. The Bertz CT molecular complexity index is 1230. The maximum Gasteiger partial charge on any atom is 0.201 e. The largest absolute Gasteiger partial charge is 0.369 e. The second-order valence-corrected chi connectivity index (χ2v) is 7.09. The number of nitrogen functional groups attached to an aromatic ring is 2. The van der Waals surface area contributed by atoms with Crippen LogP contribution in [0.1, 0.15) is 34.6 Å². The predicted octanol–water partition coefficient (Wildman–Crippen LogP) is 3.21. The summed E-state index contributed by atoms with van der Waals surface area (Å²) < 4.78 is 3.70. The van der Waals surface area contributed by atoms with Gasteiger partial charge in [0.05, 0.1) is 11.0 Å². The number of carbonyl (C=O) groups excluding carboxylic acids is 2. The number of nitrogens with zero attached hydrogens (tertiary/aromatic N) is 4. The van der Waals surface area contributed by atoms with Crippen molar-refractivity contribution in [3.8, 4) is 0 Å². The van der Waals surface area contributed by atoms with Crippen LogP contribution < -0.4 is 11.5 Å². The van der Waals surface area contributed by atoms with E-state index in [0.717, 1.165) is 11.0 Å². The Kier molecular flexibility index (Phi) is 4.83. The zero-order chi connectivity index (χ0) is 21.4. The number of anilines is 2. The maximum absolute atomic E-state index is 11.8. The summed E-state index contributed by atoms with van der Waals surface area (Å²) in [6, 6.07) is 10.9. The molecule has 0 amide bonds.